The van der Waals surface area contributed by atoms with Crippen LogP contribution in [0.15, 0.2) is 53.2 Å². The molecule has 1 aliphatic heterocycles. The molecule has 0 radical (unpaired) electrons. The van der Waals surface area contributed by atoms with Gasteiger partial charge in [-0.1, -0.05) is 6.07 Å². The summed E-state index contributed by atoms with van der Waals surface area (Å²) in [7, 11) is 1.62. The minimum Gasteiger partial charge on any atom is -0.501 e. The number of fused-ring (bicyclic) bond motifs is 1. The predicted octanol–water partition coefficient (Wildman–Crippen LogP) is 5.04. The summed E-state index contributed by atoms with van der Waals surface area (Å²) in [5, 5.41) is 9.11. The van der Waals surface area contributed by atoms with Crippen LogP contribution in [0.25, 0.3) is 38.4 Å². The van der Waals surface area contributed by atoms with Crippen LogP contribution in [0, 0.1) is 13.5 Å². The van der Waals surface area contributed by atoms with Crippen LogP contribution < -0.4 is 4.74 Å². The summed E-state index contributed by atoms with van der Waals surface area (Å²) in [4.78, 5) is 26.5. The number of rotatable bonds is 7. The number of carbonyl (C=O) groups excluding carboxylic acids is 1. The van der Waals surface area contributed by atoms with Crippen molar-refractivity contribution in [3.05, 3.63) is 71.5 Å². The van der Waals surface area contributed by atoms with Crippen molar-refractivity contribution in [3.8, 4) is 28.2 Å². The van der Waals surface area contributed by atoms with Crippen LogP contribution in [0.5, 0.6) is 5.75 Å². The van der Waals surface area contributed by atoms with E-state index < -0.39 is 0 Å². The van der Waals surface area contributed by atoms with Gasteiger partial charge in [-0.25, -0.2) is 4.85 Å². The first-order valence-electron chi connectivity index (χ1n) is 12.5. The largest absolute Gasteiger partial charge is 0.501 e. The highest BCUT2D eigenvalue weighted by Crippen LogP contribution is 2.38. The molecule has 1 aliphatic rings. The number of nitrogens with zero attached hydrogens (tertiary/aromatic N) is 4. The van der Waals surface area contributed by atoms with E-state index in [0.29, 0.717) is 47.2 Å². The number of amides is 1. The zero-order valence-corrected chi connectivity index (χ0v) is 21.3. The lowest BCUT2D eigenvalue weighted by Gasteiger charge is -2.24. The Bertz CT molecular complexity index is 1520. The Morgan fingerprint density at radius 2 is 2.00 bits per heavy atom. The highest BCUT2D eigenvalue weighted by Gasteiger charge is 2.20. The molecule has 4 heterocycles. The van der Waals surface area contributed by atoms with Gasteiger partial charge in [0.15, 0.2) is 5.58 Å². The number of aliphatic hydroxyl groups excluding tert-OH is 1. The van der Waals surface area contributed by atoms with Crippen LogP contribution >= 0.6 is 0 Å². The van der Waals surface area contributed by atoms with Crippen molar-refractivity contribution in [2.45, 2.75) is 25.9 Å². The van der Waals surface area contributed by atoms with Crippen LogP contribution in [0.2, 0.25) is 0 Å². The number of aryl methyl sites for hydroxylation is 1. The van der Waals surface area contributed by atoms with Crippen molar-refractivity contribution in [2.75, 3.05) is 33.4 Å². The van der Waals surface area contributed by atoms with Gasteiger partial charge in [-0.3, -0.25) is 14.8 Å². The molecule has 9 nitrogen and oxygen atoms in total. The fourth-order valence-electron chi connectivity index (χ4n) is 4.52. The fraction of sp³-hybridized carbons (Fsp3) is 0.310. The van der Waals surface area contributed by atoms with Crippen molar-refractivity contribution in [1.82, 2.24) is 14.9 Å². The van der Waals surface area contributed by atoms with E-state index in [9.17, 15) is 4.79 Å². The number of aliphatic hydroxyl groups is 1. The summed E-state index contributed by atoms with van der Waals surface area (Å²) in [6.07, 6.45) is 4.99. The molecule has 3 aromatic heterocycles. The Kier molecular flexibility index (Phi) is 7.36. The molecular weight excluding hydrogens is 484 g/mol. The molecule has 0 saturated carbocycles. The highest BCUT2D eigenvalue weighted by atomic mass is 16.5. The number of furan rings is 1. The van der Waals surface area contributed by atoms with Crippen LogP contribution in [-0.2, 0) is 4.74 Å². The topological polar surface area (TPSA) is 102 Å². The van der Waals surface area contributed by atoms with E-state index >= 15 is 0 Å². The van der Waals surface area contributed by atoms with Crippen LogP contribution in [0.4, 0.5) is 5.69 Å². The number of hydrogen-bond donors (Lipinski definition) is 1. The smallest absolute Gasteiger partial charge is 0.272 e. The molecule has 0 unspecified atom stereocenters. The lowest BCUT2D eigenvalue weighted by Crippen LogP contribution is -2.30. The Morgan fingerprint density at radius 3 is 2.74 bits per heavy atom. The number of carbonyl (C=O) groups is 1. The maximum atomic E-state index is 12.5. The third-order valence-corrected chi connectivity index (χ3v) is 6.64. The normalized spacial score (nSPS) is 13.8. The quantitative estimate of drug-likeness (QED) is 0.346. The third-order valence-electron chi connectivity index (χ3n) is 6.64. The van der Waals surface area contributed by atoms with Gasteiger partial charge in [0.05, 0.1) is 26.4 Å². The average molecular weight is 513 g/mol. The first kappa shape index (κ1) is 25.4. The fourth-order valence-corrected chi connectivity index (χ4v) is 4.52. The second kappa shape index (κ2) is 11.0. The summed E-state index contributed by atoms with van der Waals surface area (Å²) < 4.78 is 17.8. The summed E-state index contributed by atoms with van der Waals surface area (Å²) in [6, 6.07) is 11.0. The van der Waals surface area contributed by atoms with Gasteiger partial charge in [0, 0.05) is 56.0 Å². The molecule has 0 bridgehead atoms. The average Bonchev–Trinajstić information content (AvgIpc) is 3.38. The van der Waals surface area contributed by atoms with Gasteiger partial charge in [0.1, 0.15) is 28.8 Å². The van der Waals surface area contributed by atoms with E-state index in [0.717, 1.165) is 35.1 Å². The van der Waals surface area contributed by atoms with Gasteiger partial charge >= 0.3 is 0 Å². The number of benzene rings is 1. The Balaban J connectivity index is 1.46. The Morgan fingerprint density at radius 1 is 1.18 bits per heavy atom. The molecule has 194 valence electrons. The number of aromatic nitrogens is 2. The van der Waals surface area contributed by atoms with Gasteiger partial charge in [0.2, 0.25) is 5.69 Å². The van der Waals surface area contributed by atoms with Crippen molar-refractivity contribution < 1.29 is 23.8 Å². The minimum atomic E-state index is -0.262. The van der Waals surface area contributed by atoms with Crippen molar-refractivity contribution in [1.29, 1.82) is 0 Å². The first-order valence-corrected chi connectivity index (χ1v) is 12.5. The lowest BCUT2D eigenvalue weighted by atomic mass is 10.0. The van der Waals surface area contributed by atoms with E-state index in [2.05, 4.69) is 14.8 Å². The molecule has 4 aromatic rings. The summed E-state index contributed by atoms with van der Waals surface area (Å²) in [5.74, 6) is 0.890. The van der Waals surface area contributed by atoms with E-state index in [1.54, 1.807) is 25.5 Å². The maximum absolute atomic E-state index is 12.5. The molecule has 0 atom stereocenters. The second-order valence-corrected chi connectivity index (χ2v) is 9.24. The Hall–Kier alpha value is -4.26. The van der Waals surface area contributed by atoms with E-state index in [4.69, 9.17) is 25.6 Å². The number of likely N-dealkylation sites (N-methyl/N-ethyl adjacent to an activating group) is 1. The molecule has 1 N–H and O–H groups in total. The Labute approximate surface area is 220 Å². The van der Waals surface area contributed by atoms with Crippen molar-refractivity contribution in [3.63, 3.8) is 0 Å². The molecule has 0 spiro atoms. The molecular formula is C29H28N4O5. The number of hydrogen-bond acceptors (Lipinski definition) is 7. The van der Waals surface area contributed by atoms with Gasteiger partial charge in [-0.15, -0.1) is 0 Å². The molecule has 38 heavy (non-hydrogen) atoms. The van der Waals surface area contributed by atoms with E-state index in [1.807, 2.05) is 37.3 Å². The van der Waals surface area contributed by atoms with Gasteiger partial charge < -0.3 is 23.9 Å². The predicted molar refractivity (Wildman–Crippen MR) is 142 cm³/mol. The SMILES string of the molecule is [C-]#[N+]c1cc(-c2ccnc3cc(-c4cnc(C(=O)N(C)CCO)cc4C)oc23)ccc1OC1CCOCC1. The van der Waals surface area contributed by atoms with Crippen molar-refractivity contribution in [2.24, 2.45) is 0 Å². The molecule has 1 fully saturated rings. The van der Waals surface area contributed by atoms with Gasteiger partial charge in [-0.2, -0.15) is 0 Å². The molecule has 5 rings (SSSR count). The molecule has 0 aliphatic carbocycles. The summed E-state index contributed by atoms with van der Waals surface area (Å²) in [6.45, 7) is 11.0. The van der Waals surface area contributed by atoms with E-state index in [1.165, 1.54) is 4.90 Å². The number of ether oxygens (including phenoxy) is 2. The van der Waals surface area contributed by atoms with Crippen LogP contribution in [0.3, 0.4) is 0 Å². The zero-order chi connectivity index (χ0) is 26.6. The van der Waals surface area contributed by atoms with Crippen LogP contribution in [-0.4, -0.2) is 65.4 Å². The minimum absolute atomic E-state index is 0.0453. The molecule has 1 aromatic carbocycles. The van der Waals surface area contributed by atoms with E-state index in [-0.39, 0.29) is 25.2 Å². The highest BCUT2D eigenvalue weighted by molar-refractivity contribution is 5.95. The van der Waals surface area contributed by atoms with Crippen LogP contribution in [0.1, 0.15) is 28.9 Å². The summed E-state index contributed by atoms with van der Waals surface area (Å²) in [5.41, 5.74) is 5.22. The molecule has 9 heteroatoms. The standard InChI is InChI=1S/C29H28N4O5/c1-18-14-25(29(35)33(3)10-11-34)32-17-22(18)27-16-24-28(38-27)21(6-9-31-24)19-4-5-26(23(15-19)30-2)37-20-7-12-36-13-8-20/h4-6,9,14-17,20,34H,7-8,10-13H2,1,3H3. The van der Waals surface area contributed by atoms with Gasteiger partial charge in [0.25, 0.3) is 5.91 Å². The maximum Gasteiger partial charge on any atom is 0.272 e. The first-order chi connectivity index (χ1) is 18.5. The lowest BCUT2D eigenvalue weighted by molar-refractivity contribution is 0.0259. The second-order valence-electron chi connectivity index (χ2n) is 9.24. The molecule has 1 saturated heterocycles. The van der Waals surface area contributed by atoms with Crippen molar-refractivity contribution >= 4 is 22.7 Å². The number of pyridine rings is 2. The zero-order valence-electron chi connectivity index (χ0n) is 21.3. The third kappa shape index (κ3) is 5.09. The molecule has 1 amide bonds. The monoisotopic (exact) mass is 512 g/mol. The summed E-state index contributed by atoms with van der Waals surface area (Å²) >= 11 is 0. The van der Waals surface area contributed by atoms with Gasteiger partial charge in [-0.05, 0) is 42.3 Å².